The highest BCUT2D eigenvalue weighted by atomic mass is 35.5. The van der Waals surface area contributed by atoms with Crippen molar-refractivity contribution in [1.82, 2.24) is 14.5 Å². The molecule has 0 saturated carbocycles. The number of ether oxygens (including phenoxy) is 2. The number of aromatic nitrogens is 2. The molecule has 0 radical (unpaired) electrons. The average molecular weight is 539 g/mol. The molecule has 5 rings (SSSR count). The molecule has 0 aliphatic carbocycles. The normalized spacial score (nSPS) is 14.2. The van der Waals surface area contributed by atoms with Gasteiger partial charge in [-0.25, -0.2) is 14.2 Å². The van der Waals surface area contributed by atoms with Gasteiger partial charge in [-0.15, -0.1) is 12.4 Å². The van der Waals surface area contributed by atoms with Crippen molar-refractivity contribution < 1.29 is 18.7 Å². The fraction of sp³-hybridized carbons (Fsp3) is 0.310. The molecule has 7 nitrogen and oxygen atoms in total. The van der Waals surface area contributed by atoms with E-state index >= 15 is 0 Å². The maximum Gasteiger partial charge on any atom is 0.338 e. The summed E-state index contributed by atoms with van der Waals surface area (Å²) in [7, 11) is 1.59. The Kier molecular flexibility index (Phi) is 9.20. The van der Waals surface area contributed by atoms with E-state index in [1.165, 1.54) is 12.1 Å². The highest BCUT2D eigenvalue weighted by molar-refractivity contribution is 5.89. The Bertz CT molecular complexity index is 1340. The van der Waals surface area contributed by atoms with E-state index in [9.17, 15) is 9.18 Å². The van der Waals surface area contributed by atoms with Gasteiger partial charge < -0.3 is 19.4 Å². The molecule has 0 bridgehead atoms. The van der Waals surface area contributed by atoms with E-state index in [0.717, 1.165) is 48.5 Å². The van der Waals surface area contributed by atoms with E-state index in [2.05, 4.69) is 20.9 Å². The number of rotatable bonds is 9. The van der Waals surface area contributed by atoms with Crippen molar-refractivity contribution in [3.05, 3.63) is 89.7 Å². The number of carbonyl (C=O) groups is 1. The number of imidazole rings is 1. The summed E-state index contributed by atoms with van der Waals surface area (Å²) in [6, 6.07) is 21.9. The molecule has 9 heteroatoms. The van der Waals surface area contributed by atoms with Gasteiger partial charge >= 0.3 is 5.97 Å². The summed E-state index contributed by atoms with van der Waals surface area (Å²) in [6.45, 7) is 3.50. The first-order chi connectivity index (χ1) is 18.1. The molecule has 4 aromatic rings. The second kappa shape index (κ2) is 12.8. The summed E-state index contributed by atoms with van der Waals surface area (Å²) < 4.78 is 26.1. The minimum Gasteiger partial charge on any atom is -0.497 e. The summed E-state index contributed by atoms with van der Waals surface area (Å²) in [5.41, 5.74) is 3.52. The average Bonchev–Trinajstić information content (AvgIpc) is 3.27. The quantitative estimate of drug-likeness (QED) is 0.288. The Labute approximate surface area is 228 Å². The van der Waals surface area contributed by atoms with E-state index in [1.807, 2.05) is 30.3 Å². The van der Waals surface area contributed by atoms with Gasteiger partial charge in [-0.05, 0) is 66.9 Å². The van der Waals surface area contributed by atoms with Gasteiger partial charge in [0.1, 0.15) is 18.2 Å². The molecule has 200 valence electrons. The van der Waals surface area contributed by atoms with Crippen LogP contribution in [0.1, 0.15) is 28.8 Å². The van der Waals surface area contributed by atoms with Gasteiger partial charge in [0.2, 0.25) is 5.95 Å². The smallest absolute Gasteiger partial charge is 0.338 e. The summed E-state index contributed by atoms with van der Waals surface area (Å²) in [5.74, 6) is 0.982. The lowest BCUT2D eigenvalue weighted by Crippen LogP contribution is -2.41. The zero-order valence-corrected chi connectivity index (χ0v) is 22.1. The highest BCUT2D eigenvalue weighted by Gasteiger charge is 2.22. The topological polar surface area (TPSA) is 68.6 Å². The molecule has 3 aromatic carbocycles. The Balaban J connectivity index is 0.00000336. The second-order valence-electron chi connectivity index (χ2n) is 9.26. The van der Waals surface area contributed by atoms with Gasteiger partial charge in [0.25, 0.3) is 0 Å². The first kappa shape index (κ1) is 27.4. The van der Waals surface area contributed by atoms with E-state index in [4.69, 9.17) is 14.5 Å². The van der Waals surface area contributed by atoms with Crippen LogP contribution in [0, 0.1) is 5.82 Å². The van der Waals surface area contributed by atoms with Crippen molar-refractivity contribution in [1.29, 1.82) is 0 Å². The molecule has 0 unspecified atom stereocenters. The Hall–Kier alpha value is -3.62. The van der Waals surface area contributed by atoms with Crippen molar-refractivity contribution >= 4 is 35.4 Å². The minimum absolute atomic E-state index is 0. The number of nitrogens with one attached hydrogen (secondary N) is 1. The van der Waals surface area contributed by atoms with E-state index in [1.54, 1.807) is 31.4 Å². The number of hydrogen-bond donors (Lipinski definition) is 1. The molecule has 1 aliphatic rings. The van der Waals surface area contributed by atoms with Crippen molar-refractivity contribution in [2.75, 3.05) is 38.7 Å². The molecule has 1 aromatic heterocycles. The number of piperidine rings is 1. The Morgan fingerprint density at radius 1 is 1.03 bits per heavy atom. The molecule has 1 fully saturated rings. The molecule has 1 saturated heterocycles. The minimum atomic E-state index is -0.320. The zero-order chi connectivity index (χ0) is 25.6. The van der Waals surface area contributed by atoms with Crippen LogP contribution in [0.15, 0.2) is 72.8 Å². The predicted octanol–water partition coefficient (Wildman–Crippen LogP) is 5.39. The number of carbonyl (C=O) groups excluding carboxylic acids is 1. The maximum atomic E-state index is 13.4. The van der Waals surface area contributed by atoms with Gasteiger partial charge in [-0.3, -0.25) is 4.90 Å². The second-order valence-corrected chi connectivity index (χ2v) is 9.26. The summed E-state index contributed by atoms with van der Waals surface area (Å²) in [5, 5.41) is 3.65. The molecule has 2 heterocycles. The van der Waals surface area contributed by atoms with Gasteiger partial charge in [-0.1, -0.05) is 24.3 Å². The van der Waals surface area contributed by atoms with Gasteiger partial charge in [0, 0.05) is 25.7 Å². The molecule has 38 heavy (non-hydrogen) atoms. The van der Waals surface area contributed by atoms with Gasteiger partial charge in [0.15, 0.2) is 0 Å². The van der Waals surface area contributed by atoms with Crippen LogP contribution in [0.25, 0.3) is 11.0 Å². The Morgan fingerprint density at radius 3 is 2.45 bits per heavy atom. The molecular formula is C29H32ClFN4O3. The van der Waals surface area contributed by atoms with Crippen LogP contribution in [0.4, 0.5) is 10.3 Å². The van der Waals surface area contributed by atoms with Crippen molar-refractivity contribution in [2.45, 2.75) is 25.4 Å². The molecule has 0 spiro atoms. The third-order valence-corrected chi connectivity index (χ3v) is 6.80. The number of fused-ring (bicyclic) bond motifs is 1. The van der Waals surface area contributed by atoms with Crippen molar-refractivity contribution in [2.24, 2.45) is 0 Å². The fourth-order valence-electron chi connectivity index (χ4n) is 4.68. The Morgan fingerprint density at radius 2 is 1.74 bits per heavy atom. The number of halogens is 2. The fourth-order valence-corrected chi connectivity index (χ4v) is 4.68. The third kappa shape index (κ3) is 6.62. The number of anilines is 1. The maximum absolute atomic E-state index is 13.4. The van der Waals surface area contributed by atoms with Crippen LogP contribution >= 0.6 is 12.4 Å². The number of likely N-dealkylation sites (tertiary alicyclic amines) is 1. The van der Waals surface area contributed by atoms with Crippen molar-refractivity contribution in [3.8, 4) is 5.75 Å². The summed E-state index contributed by atoms with van der Waals surface area (Å²) >= 11 is 0. The number of benzene rings is 3. The number of nitrogens with zero attached hydrogens (tertiary/aromatic N) is 3. The molecular weight excluding hydrogens is 507 g/mol. The standard InChI is InChI=1S/C29H31FN4O3.ClH/c1-36-25-12-8-22(9-13-25)28(35)37-19-18-33-16-14-24(15-17-33)31-29-32-26-4-2-3-5-27(26)34(29)20-21-6-10-23(30)11-7-21;/h2-13,24H,14-20H2,1H3,(H,31,32);1H. The van der Waals surface area contributed by atoms with E-state index in [-0.39, 0.29) is 24.2 Å². The molecule has 1 aliphatic heterocycles. The predicted molar refractivity (Wildman–Crippen MR) is 149 cm³/mol. The van der Waals surface area contributed by atoms with Crippen LogP contribution < -0.4 is 10.1 Å². The van der Waals surface area contributed by atoms with Crippen LogP contribution in [0.2, 0.25) is 0 Å². The third-order valence-electron chi connectivity index (χ3n) is 6.80. The molecule has 0 atom stereocenters. The lowest BCUT2D eigenvalue weighted by atomic mass is 10.1. The first-order valence-corrected chi connectivity index (χ1v) is 12.6. The van der Waals surface area contributed by atoms with Crippen molar-refractivity contribution in [3.63, 3.8) is 0 Å². The van der Waals surface area contributed by atoms with Gasteiger partial charge in [-0.2, -0.15) is 0 Å². The number of esters is 1. The number of methoxy groups -OCH3 is 1. The van der Waals surface area contributed by atoms with Gasteiger partial charge in [0.05, 0.1) is 30.3 Å². The lowest BCUT2D eigenvalue weighted by Gasteiger charge is -2.32. The monoisotopic (exact) mass is 538 g/mol. The number of hydrogen-bond acceptors (Lipinski definition) is 6. The van der Waals surface area contributed by atoms with Crippen LogP contribution in [0.3, 0.4) is 0 Å². The SMILES string of the molecule is COc1ccc(C(=O)OCCN2CCC(Nc3nc4ccccc4n3Cc3ccc(F)cc3)CC2)cc1.Cl. The summed E-state index contributed by atoms with van der Waals surface area (Å²) in [6.07, 6.45) is 1.93. The lowest BCUT2D eigenvalue weighted by molar-refractivity contribution is 0.0450. The largest absolute Gasteiger partial charge is 0.497 e. The van der Waals surface area contributed by atoms with E-state index in [0.29, 0.717) is 37.1 Å². The number of para-hydroxylation sites is 2. The highest BCUT2D eigenvalue weighted by Crippen LogP contribution is 2.24. The van der Waals surface area contributed by atoms with Crippen LogP contribution in [0.5, 0.6) is 5.75 Å². The van der Waals surface area contributed by atoms with E-state index < -0.39 is 0 Å². The molecule has 0 amide bonds. The summed E-state index contributed by atoms with van der Waals surface area (Å²) in [4.78, 5) is 19.4. The van der Waals surface area contributed by atoms with Crippen LogP contribution in [-0.2, 0) is 11.3 Å². The molecule has 1 N–H and O–H groups in total. The first-order valence-electron chi connectivity index (χ1n) is 12.6. The zero-order valence-electron chi connectivity index (χ0n) is 21.3. The van der Waals surface area contributed by atoms with Crippen LogP contribution in [-0.4, -0.2) is 59.8 Å².